The minimum absolute atomic E-state index is 0.542. The number of carbonyl (C=O) groups excluding carboxylic acids is 1. The second kappa shape index (κ2) is 4.53. The van der Waals surface area contributed by atoms with E-state index in [0.717, 1.165) is 12.1 Å². The van der Waals surface area contributed by atoms with Crippen LogP contribution >= 0.6 is 0 Å². The van der Waals surface area contributed by atoms with E-state index in [-0.39, 0.29) is 0 Å². The molecule has 0 atom stereocenters. The molecule has 12 heteroatoms. The van der Waals surface area contributed by atoms with Gasteiger partial charge >= 0.3 is 16.4 Å². The molecule has 8 nitrogen and oxygen atoms in total. The Hall–Kier alpha value is -2.69. The fourth-order valence-corrected chi connectivity index (χ4v) is 1.97. The highest BCUT2D eigenvalue weighted by molar-refractivity contribution is 7.88. The van der Waals surface area contributed by atoms with Crippen molar-refractivity contribution in [2.45, 2.75) is 6.18 Å². The van der Waals surface area contributed by atoms with E-state index in [1.54, 1.807) is 0 Å². The summed E-state index contributed by atoms with van der Waals surface area (Å²) in [4.78, 5) is 12.6. The lowest BCUT2D eigenvalue weighted by atomic mass is 10.4. The summed E-state index contributed by atoms with van der Waals surface area (Å²) in [5.74, 6) is -2.06. The first-order chi connectivity index (χ1) is 8.69. The summed E-state index contributed by atoms with van der Waals surface area (Å²) in [6.45, 7) is 0. The van der Waals surface area contributed by atoms with Crippen molar-refractivity contribution >= 4 is 16.3 Å². The molecule has 0 N–H and O–H groups in total. The van der Waals surface area contributed by atoms with Crippen molar-refractivity contribution in [2.24, 2.45) is 4.40 Å². The van der Waals surface area contributed by atoms with Crippen LogP contribution in [0.2, 0.25) is 0 Å². The summed E-state index contributed by atoms with van der Waals surface area (Å²) >= 11 is 0. The number of halogens is 3. The van der Waals surface area contributed by atoms with Gasteiger partial charge in [-0.15, -0.1) is 0 Å². The number of imidazole rings is 1. The zero-order chi connectivity index (χ0) is 14.8. The standard InChI is InChI=1S/C7F3N5O3S/c8-7(9,10)6-14-4(1-11)5(2-12)15(6)19(17,18)13-3-16. The molecule has 0 bridgehead atoms. The zero-order valence-electron chi connectivity index (χ0n) is 8.50. The lowest BCUT2D eigenvalue weighted by Crippen LogP contribution is -2.21. The predicted molar refractivity (Wildman–Crippen MR) is 49.1 cm³/mol. The smallest absolute Gasteiger partial charge is 0.211 e. The Morgan fingerprint density at radius 1 is 1.26 bits per heavy atom. The van der Waals surface area contributed by atoms with E-state index in [4.69, 9.17) is 10.5 Å². The van der Waals surface area contributed by atoms with Gasteiger partial charge in [0.15, 0.2) is 11.4 Å². The summed E-state index contributed by atoms with van der Waals surface area (Å²) in [6, 6.07) is 2.22. The number of rotatable bonds is 2. The average molecular weight is 291 g/mol. The number of nitrogens with zero attached hydrogens (tertiary/aromatic N) is 5. The van der Waals surface area contributed by atoms with Crippen LogP contribution in [0, 0.1) is 22.7 Å². The summed E-state index contributed by atoms with van der Waals surface area (Å²) in [7, 11) is -5.19. The molecule has 1 rings (SSSR count). The fourth-order valence-electron chi connectivity index (χ4n) is 1.07. The van der Waals surface area contributed by atoms with Gasteiger partial charge in [0.25, 0.3) is 6.08 Å². The third-order valence-corrected chi connectivity index (χ3v) is 2.81. The monoisotopic (exact) mass is 291 g/mol. The molecule has 0 saturated heterocycles. The van der Waals surface area contributed by atoms with Gasteiger partial charge in [0.1, 0.15) is 12.1 Å². The summed E-state index contributed by atoms with van der Waals surface area (Å²) in [5, 5.41) is 17.1. The van der Waals surface area contributed by atoms with Crippen LogP contribution in [0.15, 0.2) is 4.40 Å². The maximum absolute atomic E-state index is 12.6. The minimum Gasteiger partial charge on any atom is -0.211 e. The molecule has 0 saturated carbocycles. The van der Waals surface area contributed by atoms with Gasteiger partial charge in [-0.1, -0.05) is 4.40 Å². The molecule has 0 aliphatic rings. The van der Waals surface area contributed by atoms with Crippen molar-refractivity contribution < 1.29 is 26.4 Å². The van der Waals surface area contributed by atoms with Crippen molar-refractivity contribution in [3.05, 3.63) is 17.2 Å². The van der Waals surface area contributed by atoms with Crippen LogP contribution in [-0.2, 0) is 21.2 Å². The first kappa shape index (κ1) is 14.4. The van der Waals surface area contributed by atoms with Crippen LogP contribution in [0.3, 0.4) is 0 Å². The highest BCUT2D eigenvalue weighted by atomic mass is 32.2. The number of nitriles is 2. The van der Waals surface area contributed by atoms with Gasteiger partial charge in [-0.05, 0) is 0 Å². The number of alkyl halides is 3. The van der Waals surface area contributed by atoms with E-state index < -0.39 is 37.6 Å². The van der Waals surface area contributed by atoms with Crippen molar-refractivity contribution in [1.29, 1.82) is 10.5 Å². The molecule has 0 fully saturated rings. The second-order valence-corrected chi connectivity index (χ2v) is 4.22. The Morgan fingerprint density at radius 2 is 1.84 bits per heavy atom. The van der Waals surface area contributed by atoms with E-state index >= 15 is 0 Å². The molecule has 0 aromatic carbocycles. The van der Waals surface area contributed by atoms with Gasteiger partial charge in [-0.2, -0.15) is 36.1 Å². The maximum atomic E-state index is 12.6. The van der Waals surface area contributed by atoms with Crippen LogP contribution in [0.5, 0.6) is 0 Å². The topological polar surface area (TPSA) is 129 Å². The highest BCUT2D eigenvalue weighted by Gasteiger charge is 2.42. The van der Waals surface area contributed by atoms with E-state index in [9.17, 15) is 26.4 Å². The molecule has 0 spiro atoms. The molecule has 0 aliphatic carbocycles. The molecule has 0 unspecified atom stereocenters. The molecule has 1 heterocycles. The van der Waals surface area contributed by atoms with Crippen molar-refractivity contribution in [3.8, 4) is 12.1 Å². The summed E-state index contributed by atoms with van der Waals surface area (Å²) in [5.41, 5.74) is -2.26. The van der Waals surface area contributed by atoms with Gasteiger partial charge in [0, 0.05) is 0 Å². The van der Waals surface area contributed by atoms with E-state index in [2.05, 4.69) is 9.38 Å². The first-order valence-corrected chi connectivity index (χ1v) is 5.43. The number of isocyanates is 1. The first-order valence-electron chi connectivity index (χ1n) is 4.03. The molecule has 1 aromatic heterocycles. The van der Waals surface area contributed by atoms with E-state index in [1.165, 1.54) is 0 Å². The van der Waals surface area contributed by atoms with Gasteiger partial charge in [0.2, 0.25) is 5.82 Å². The number of hydrogen-bond donors (Lipinski definition) is 0. The van der Waals surface area contributed by atoms with Gasteiger partial charge < -0.3 is 0 Å². The van der Waals surface area contributed by atoms with Crippen molar-refractivity contribution in [3.63, 3.8) is 0 Å². The quantitative estimate of drug-likeness (QED) is 0.560. The summed E-state index contributed by atoms with van der Waals surface area (Å²) in [6.07, 6.45) is -4.73. The van der Waals surface area contributed by atoms with Crippen LogP contribution in [0.1, 0.15) is 17.2 Å². The molecule has 0 aliphatic heterocycles. The Labute approximate surface area is 103 Å². The molecule has 98 valence electrons. The number of aromatic nitrogens is 2. The van der Waals surface area contributed by atoms with Crippen LogP contribution in [-0.4, -0.2) is 23.5 Å². The second-order valence-electron chi connectivity index (χ2n) is 2.78. The average Bonchev–Trinajstić information content (AvgIpc) is 2.67. The SMILES string of the molecule is N#Cc1nc(C(F)(F)F)n(S(=O)(=O)N=C=O)c1C#N. The van der Waals surface area contributed by atoms with Crippen molar-refractivity contribution in [2.75, 3.05) is 0 Å². The van der Waals surface area contributed by atoms with Crippen LogP contribution < -0.4 is 0 Å². The molecule has 0 amide bonds. The molecular formula is C7F3N5O3S. The van der Waals surface area contributed by atoms with Crippen LogP contribution in [0.4, 0.5) is 13.2 Å². The fraction of sp³-hybridized carbons (Fsp3) is 0.143. The largest absolute Gasteiger partial charge is 0.450 e. The van der Waals surface area contributed by atoms with Gasteiger partial charge in [-0.25, -0.2) is 9.78 Å². The van der Waals surface area contributed by atoms with Crippen molar-refractivity contribution in [1.82, 2.24) is 8.96 Å². The molecule has 19 heavy (non-hydrogen) atoms. The molecular weight excluding hydrogens is 291 g/mol. The normalized spacial score (nSPS) is 11.2. The zero-order valence-corrected chi connectivity index (χ0v) is 9.32. The lowest BCUT2D eigenvalue weighted by Gasteiger charge is -2.07. The molecule has 0 radical (unpaired) electrons. The third-order valence-electron chi connectivity index (χ3n) is 1.69. The molecule has 1 aromatic rings. The van der Waals surface area contributed by atoms with Gasteiger partial charge in [0.05, 0.1) is 0 Å². The Morgan fingerprint density at radius 3 is 2.21 bits per heavy atom. The van der Waals surface area contributed by atoms with Crippen LogP contribution in [0.25, 0.3) is 0 Å². The number of hydrogen-bond acceptors (Lipinski definition) is 6. The maximum Gasteiger partial charge on any atom is 0.450 e. The lowest BCUT2D eigenvalue weighted by molar-refractivity contribution is -0.145. The Bertz CT molecular complexity index is 758. The predicted octanol–water partition coefficient (Wildman–Crippen LogP) is 0.0740. The highest BCUT2D eigenvalue weighted by Crippen LogP contribution is 2.31. The van der Waals surface area contributed by atoms with E-state index in [0.29, 0.717) is 6.08 Å². The third kappa shape index (κ3) is 2.44. The Balaban J connectivity index is 3.92. The van der Waals surface area contributed by atoms with E-state index in [1.807, 2.05) is 0 Å². The summed E-state index contributed by atoms with van der Waals surface area (Å²) < 4.78 is 62.0. The Kier molecular flexibility index (Phi) is 3.43. The minimum atomic E-state index is -5.27. The van der Waals surface area contributed by atoms with Gasteiger partial charge in [-0.3, -0.25) is 0 Å².